The van der Waals surface area contributed by atoms with E-state index in [1.54, 1.807) is 26.8 Å². The Kier molecular flexibility index (Phi) is 5.65. The second-order valence-electron chi connectivity index (χ2n) is 6.94. The Labute approximate surface area is 131 Å². The Morgan fingerprint density at radius 2 is 1.90 bits per heavy atom. The number of ether oxygens (including phenoxy) is 1. The second kappa shape index (κ2) is 6.67. The number of nitrogens with one attached hydrogen (secondary N) is 1. The van der Waals surface area contributed by atoms with E-state index in [2.05, 4.69) is 5.32 Å². The van der Waals surface area contributed by atoms with Crippen LogP contribution in [0.15, 0.2) is 18.2 Å². The highest BCUT2D eigenvalue weighted by Crippen LogP contribution is 2.28. The third-order valence-electron chi connectivity index (χ3n) is 2.78. The molecule has 0 unspecified atom stereocenters. The van der Waals surface area contributed by atoms with Crippen molar-refractivity contribution in [2.75, 3.05) is 11.9 Å². The Hall–Kier alpha value is -1.26. The van der Waals surface area contributed by atoms with E-state index in [4.69, 9.17) is 16.3 Å². The fraction of sp³-hybridized carbons (Fsp3) is 0.562. The van der Waals surface area contributed by atoms with Gasteiger partial charge in [0.2, 0.25) is 0 Å². The van der Waals surface area contributed by atoms with Crippen LogP contribution in [0.25, 0.3) is 0 Å². The quantitative estimate of drug-likeness (QED) is 0.873. The number of hydrogen-bond donors (Lipinski definition) is 2. The number of benzene rings is 1. The SMILES string of the molecule is CC(C)(CO)Cc1ccc(Cl)c(NC(=O)OC(C)(C)C)c1. The number of aliphatic hydroxyl groups is 1. The van der Waals surface area contributed by atoms with Gasteiger partial charge in [-0.25, -0.2) is 4.79 Å². The van der Waals surface area contributed by atoms with E-state index < -0.39 is 11.7 Å². The molecule has 0 saturated carbocycles. The molecule has 118 valence electrons. The Balaban J connectivity index is 2.86. The molecule has 2 N–H and O–H groups in total. The highest BCUT2D eigenvalue weighted by molar-refractivity contribution is 6.33. The number of carbonyl (C=O) groups excluding carboxylic acids is 1. The minimum Gasteiger partial charge on any atom is -0.444 e. The molecule has 0 aliphatic rings. The number of hydrogen-bond acceptors (Lipinski definition) is 3. The number of anilines is 1. The Morgan fingerprint density at radius 1 is 1.29 bits per heavy atom. The largest absolute Gasteiger partial charge is 0.444 e. The summed E-state index contributed by atoms with van der Waals surface area (Å²) >= 11 is 6.10. The molecular weight excluding hydrogens is 290 g/mol. The number of carbonyl (C=O) groups is 1. The molecule has 0 heterocycles. The number of rotatable bonds is 4. The zero-order chi connectivity index (χ0) is 16.3. The van der Waals surface area contributed by atoms with Gasteiger partial charge in [-0.3, -0.25) is 5.32 Å². The smallest absolute Gasteiger partial charge is 0.412 e. The van der Waals surface area contributed by atoms with Crippen molar-refractivity contribution in [1.29, 1.82) is 0 Å². The van der Waals surface area contributed by atoms with Crippen molar-refractivity contribution < 1.29 is 14.6 Å². The van der Waals surface area contributed by atoms with Crippen LogP contribution in [0.3, 0.4) is 0 Å². The Bertz CT molecular complexity index is 507. The van der Waals surface area contributed by atoms with Gasteiger partial charge >= 0.3 is 6.09 Å². The van der Waals surface area contributed by atoms with Gasteiger partial charge in [-0.05, 0) is 50.3 Å². The molecule has 0 bridgehead atoms. The molecule has 1 aromatic rings. The summed E-state index contributed by atoms with van der Waals surface area (Å²) in [6.45, 7) is 9.44. The van der Waals surface area contributed by atoms with Crippen molar-refractivity contribution in [1.82, 2.24) is 0 Å². The molecule has 1 amide bonds. The van der Waals surface area contributed by atoms with Crippen LogP contribution in [0.4, 0.5) is 10.5 Å². The number of amides is 1. The van der Waals surface area contributed by atoms with E-state index in [0.29, 0.717) is 17.1 Å². The van der Waals surface area contributed by atoms with Crippen molar-refractivity contribution in [3.63, 3.8) is 0 Å². The standard InChI is InChI=1S/C16H24ClNO3/c1-15(2,3)21-14(20)18-13-8-11(6-7-12(13)17)9-16(4,5)10-19/h6-8,19H,9-10H2,1-5H3,(H,18,20). The van der Waals surface area contributed by atoms with Crippen LogP contribution in [-0.2, 0) is 11.2 Å². The first-order valence-electron chi connectivity index (χ1n) is 6.92. The van der Waals surface area contributed by atoms with Crippen LogP contribution >= 0.6 is 11.6 Å². The summed E-state index contributed by atoms with van der Waals surface area (Å²) in [5.74, 6) is 0. The summed E-state index contributed by atoms with van der Waals surface area (Å²) in [4.78, 5) is 11.8. The van der Waals surface area contributed by atoms with E-state index in [1.165, 1.54) is 0 Å². The molecule has 0 aromatic heterocycles. The van der Waals surface area contributed by atoms with Crippen LogP contribution in [0, 0.1) is 5.41 Å². The summed E-state index contributed by atoms with van der Waals surface area (Å²) in [5, 5.41) is 12.4. The van der Waals surface area contributed by atoms with Crippen LogP contribution in [-0.4, -0.2) is 23.4 Å². The van der Waals surface area contributed by atoms with E-state index in [0.717, 1.165) is 5.56 Å². The molecule has 0 aliphatic heterocycles. The molecular formula is C16H24ClNO3. The lowest BCUT2D eigenvalue weighted by Gasteiger charge is -2.22. The minimum atomic E-state index is -0.562. The van der Waals surface area contributed by atoms with Crippen LogP contribution < -0.4 is 5.32 Å². The molecule has 4 nitrogen and oxygen atoms in total. The molecule has 0 aliphatic carbocycles. The molecule has 1 rings (SSSR count). The first-order valence-corrected chi connectivity index (χ1v) is 7.29. The van der Waals surface area contributed by atoms with Crippen LogP contribution in [0.2, 0.25) is 5.02 Å². The van der Waals surface area contributed by atoms with Gasteiger partial charge < -0.3 is 9.84 Å². The van der Waals surface area contributed by atoms with Gasteiger partial charge in [0.25, 0.3) is 0 Å². The molecule has 0 radical (unpaired) electrons. The summed E-state index contributed by atoms with van der Waals surface area (Å²) in [5.41, 5.74) is 0.714. The summed E-state index contributed by atoms with van der Waals surface area (Å²) in [6, 6.07) is 5.43. The molecule has 0 fully saturated rings. The van der Waals surface area contributed by atoms with Gasteiger partial charge in [0.05, 0.1) is 10.7 Å². The van der Waals surface area contributed by atoms with Crippen molar-refractivity contribution >= 4 is 23.4 Å². The zero-order valence-corrected chi connectivity index (χ0v) is 14.0. The van der Waals surface area contributed by atoms with E-state index in [1.807, 2.05) is 26.0 Å². The van der Waals surface area contributed by atoms with E-state index in [9.17, 15) is 9.90 Å². The maximum absolute atomic E-state index is 11.8. The van der Waals surface area contributed by atoms with Crippen LogP contribution in [0.5, 0.6) is 0 Å². The van der Waals surface area contributed by atoms with Crippen molar-refractivity contribution in [3.8, 4) is 0 Å². The maximum atomic E-state index is 11.8. The normalized spacial score (nSPS) is 12.1. The predicted molar refractivity (Wildman–Crippen MR) is 85.9 cm³/mol. The van der Waals surface area contributed by atoms with Gasteiger partial charge in [0, 0.05) is 6.61 Å². The fourth-order valence-electron chi connectivity index (χ4n) is 1.80. The van der Waals surface area contributed by atoms with Crippen molar-refractivity contribution in [2.24, 2.45) is 5.41 Å². The number of halogens is 1. The van der Waals surface area contributed by atoms with Gasteiger partial charge in [0.1, 0.15) is 5.60 Å². The van der Waals surface area contributed by atoms with Gasteiger partial charge in [0.15, 0.2) is 0 Å². The van der Waals surface area contributed by atoms with Crippen LogP contribution in [0.1, 0.15) is 40.2 Å². The number of aliphatic hydroxyl groups excluding tert-OH is 1. The zero-order valence-electron chi connectivity index (χ0n) is 13.3. The van der Waals surface area contributed by atoms with Gasteiger partial charge in [-0.1, -0.05) is 31.5 Å². The first kappa shape index (κ1) is 17.8. The third-order valence-corrected chi connectivity index (χ3v) is 3.11. The fourth-order valence-corrected chi connectivity index (χ4v) is 1.97. The van der Waals surface area contributed by atoms with Gasteiger partial charge in [-0.2, -0.15) is 0 Å². The molecule has 0 saturated heterocycles. The minimum absolute atomic E-state index is 0.0878. The molecule has 0 atom stereocenters. The highest BCUT2D eigenvalue weighted by Gasteiger charge is 2.19. The molecule has 5 heteroatoms. The second-order valence-corrected chi connectivity index (χ2v) is 7.35. The molecule has 21 heavy (non-hydrogen) atoms. The third kappa shape index (κ3) is 6.36. The maximum Gasteiger partial charge on any atom is 0.412 e. The summed E-state index contributed by atoms with van der Waals surface area (Å²) < 4.78 is 5.21. The summed E-state index contributed by atoms with van der Waals surface area (Å²) in [7, 11) is 0. The topological polar surface area (TPSA) is 58.6 Å². The highest BCUT2D eigenvalue weighted by atomic mass is 35.5. The van der Waals surface area contributed by atoms with Gasteiger partial charge in [-0.15, -0.1) is 0 Å². The average molecular weight is 314 g/mol. The van der Waals surface area contributed by atoms with E-state index >= 15 is 0 Å². The monoisotopic (exact) mass is 313 g/mol. The van der Waals surface area contributed by atoms with E-state index in [-0.39, 0.29) is 12.0 Å². The molecule has 0 spiro atoms. The average Bonchev–Trinajstić information content (AvgIpc) is 2.31. The van der Waals surface area contributed by atoms with Crippen molar-refractivity contribution in [3.05, 3.63) is 28.8 Å². The lowest BCUT2D eigenvalue weighted by Crippen LogP contribution is -2.27. The molecule has 1 aromatic carbocycles. The van der Waals surface area contributed by atoms with Crippen molar-refractivity contribution in [2.45, 2.75) is 46.6 Å². The predicted octanol–water partition coefficient (Wildman–Crippen LogP) is 4.25. The summed E-state index contributed by atoms with van der Waals surface area (Å²) in [6.07, 6.45) is 0.145. The first-order chi connectivity index (χ1) is 9.52. The Morgan fingerprint density at radius 3 is 2.43 bits per heavy atom. The lowest BCUT2D eigenvalue weighted by molar-refractivity contribution is 0.0636. The lowest BCUT2D eigenvalue weighted by atomic mass is 9.86.